The molecule has 110 valence electrons. The fourth-order valence-corrected chi connectivity index (χ4v) is 2.54. The van der Waals surface area contributed by atoms with E-state index in [1.54, 1.807) is 0 Å². The van der Waals surface area contributed by atoms with Crippen LogP contribution in [-0.2, 0) is 4.79 Å². The van der Waals surface area contributed by atoms with E-state index in [1.807, 2.05) is 6.92 Å². The Hall–Kier alpha value is -0.870. The summed E-state index contributed by atoms with van der Waals surface area (Å²) in [4.78, 5) is 14.4. The van der Waals surface area contributed by atoms with E-state index in [9.17, 15) is 4.79 Å². The maximum absolute atomic E-state index is 12.1. The lowest BCUT2D eigenvalue weighted by Gasteiger charge is -2.27. The zero-order valence-corrected chi connectivity index (χ0v) is 13.0. The van der Waals surface area contributed by atoms with Crippen LogP contribution in [0.3, 0.4) is 0 Å². The quantitative estimate of drug-likeness (QED) is 0.717. The van der Waals surface area contributed by atoms with Crippen LogP contribution in [0.4, 0.5) is 0 Å². The van der Waals surface area contributed by atoms with Crippen molar-refractivity contribution < 1.29 is 4.79 Å². The van der Waals surface area contributed by atoms with Crippen LogP contribution in [0, 0.1) is 0 Å². The van der Waals surface area contributed by atoms with Gasteiger partial charge in [0.15, 0.2) is 0 Å². The molecule has 1 aliphatic heterocycles. The van der Waals surface area contributed by atoms with Gasteiger partial charge in [0, 0.05) is 31.7 Å². The number of amides is 1. The van der Waals surface area contributed by atoms with Gasteiger partial charge in [0.05, 0.1) is 6.04 Å². The van der Waals surface area contributed by atoms with Gasteiger partial charge in [-0.05, 0) is 41.0 Å². The van der Waals surface area contributed by atoms with Gasteiger partial charge in [-0.15, -0.1) is 0 Å². The molecule has 1 fully saturated rings. The van der Waals surface area contributed by atoms with Crippen molar-refractivity contribution in [2.24, 2.45) is 0 Å². The molecule has 0 unspecified atom stereocenters. The van der Waals surface area contributed by atoms with E-state index >= 15 is 0 Å². The first kappa shape index (κ1) is 16.2. The Morgan fingerprint density at radius 3 is 2.68 bits per heavy atom. The van der Waals surface area contributed by atoms with E-state index < -0.39 is 0 Å². The maximum atomic E-state index is 12.1. The smallest absolute Gasteiger partial charge is 0.237 e. The molecule has 0 bridgehead atoms. The van der Waals surface area contributed by atoms with Gasteiger partial charge in [0.25, 0.3) is 0 Å². The van der Waals surface area contributed by atoms with Crippen LogP contribution in [0.15, 0.2) is 11.6 Å². The molecular weight excluding hydrogens is 238 g/mol. The minimum Gasteiger partial charge on any atom is -0.355 e. The highest BCUT2D eigenvalue weighted by Gasteiger charge is 2.37. The summed E-state index contributed by atoms with van der Waals surface area (Å²) in [6, 6.07) is 0.829. The highest BCUT2D eigenvalue weighted by atomic mass is 16.2. The minimum atomic E-state index is 0.0170. The van der Waals surface area contributed by atoms with Gasteiger partial charge in [-0.3, -0.25) is 9.69 Å². The second kappa shape index (κ2) is 7.65. The molecule has 0 aromatic rings. The molecule has 19 heavy (non-hydrogen) atoms. The van der Waals surface area contributed by atoms with Crippen molar-refractivity contribution in [3.63, 3.8) is 0 Å². The number of likely N-dealkylation sites (N-methyl/N-ethyl adjacent to an activating group) is 1. The minimum absolute atomic E-state index is 0.0170. The second-order valence-electron chi connectivity index (χ2n) is 5.65. The van der Waals surface area contributed by atoms with Crippen molar-refractivity contribution in [1.82, 2.24) is 15.5 Å². The first-order valence-electron chi connectivity index (χ1n) is 7.38. The number of allylic oxidation sites excluding steroid dienone is 1. The van der Waals surface area contributed by atoms with Crippen LogP contribution in [0.25, 0.3) is 0 Å². The summed E-state index contributed by atoms with van der Waals surface area (Å²) < 4.78 is 0. The topological polar surface area (TPSA) is 44.4 Å². The largest absolute Gasteiger partial charge is 0.355 e. The number of carbonyl (C=O) groups is 1. The predicted molar refractivity (Wildman–Crippen MR) is 80.2 cm³/mol. The zero-order valence-electron chi connectivity index (χ0n) is 13.0. The fourth-order valence-electron chi connectivity index (χ4n) is 2.54. The number of nitrogens with one attached hydrogen (secondary N) is 2. The molecule has 1 heterocycles. The Kier molecular flexibility index (Phi) is 6.52. The van der Waals surface area contributed by atoms with Crippen molar-refractivity contribution in [1.29, 1.82) is 0 Å². The molecule has 4 heteroatoms. The van der Waals surface area contributed by atoms with Crippen molar-refractivity contribution in [3.8, 4) is 0 Å². The number of nitrogens with zero attached hydrogens (tertiary/aromatic N) is 1. The van der Waals surface area contributed by atoms with Crippen LogP contribution in [0.2, 0.25) is 0 Å². The molecule has 1 amide bonds. The van der Waals surface area contributed by atoms with Crippen molar-refractivity contribution in [2.75, 3.05) is 19.6 Å². The predicted octanol–water partition coefficient (Wildman–Crippen LogP) is 1.53. The van der Waals surface area contributed by atoms with E-state index in [0.29, 0.717) is 18.6 Å². The summed E-state index contributed by atoms with van der Waals surface area (Å²) in [7, 11) is 0. The Bertz CT molecular complexity index is 325. The van der Waals surface area contributed by atoms with Crippen LogP contribution in [0.5, 0.6) is 0 Å². The standard InChI is InChI=1S/C15H29N3O/c1-6-12(5)9-17-13-8-14(15(19)16-7-2)18(10-13)11(3)4/h6,11,13-14,17H,7-10H2,1-5H3,(H,16,19)/b12-6+/t13-,14-/m0/s1. The summed E-state index contributed by atoms with van der Waals surface area (Å²) in [6.45, 7) is 13.0. The third-order valence-corrected chi connectivity index (χ3v) is 3.82. The van der Waals surface area contributed by atoms with Crippen LogP contribution < -0.4 is 10.6 Å². The molecule has 0 saturated carbocycles. The second-order valence-corrected chi connectivity index (χ2v) is 5.65. The van der Waals surface area contributed by atoms with Gasteiger partial charge in [0.1, 0.15) is 0 Å². The van der Waals surface area contributed by atoms with Crippen LogP contribution >= 0.6 is 0 Å². The molecule has 0 aromatic carbocycles. The highest BCUT2D eigenvalue weighted by molar-refractivity contribution is 5.82. The van der Waals surface area contributed by atoms with Crippen LogP contribution in [0.1, 0.15) is 41.0 Å². The van der Waals surface area contributed by atoms with Crippen molar-refractivity contribution in [3.05, 3.63) is 11.6 Å². The van der Waals surface area contributed by atoms with Gasteiger partial charge >= 0.3 is 0 Å². The number of likely N-dealkylation sites (tertiary alicyclic amines) is 1. The number of rotatable bonds is 6. The van der Waals surface area contributed by atoms with Gasteiger partial charge in [-0.25, -0.2) is 0 Å². The molecule has 1 saturated heterocycles. The third kappa shape index (κ3) is 4.62. The van der Waals surface area contributed by atoms with E-state index in [0.717, 1.165) is 19.5 Å². The monoisotopic (exact) mass is 267 g/mol. The normalized spacial score (nSPS) is 25.1. The molecule has 0 aromatic heterocycles. The highest BCUT2D eigenvalue weighted by Crippen LogP contribution is 2.21. The van der Waals surface area contributed by atoms with Gasteiger partial charge in [-0.2, -0.15) is 0 Å². The lowest BCUT2D eigenvalue weighted by atomic mass is 10.1. The molecule has 1 aliphatic rings. The average Bonchev–Trinajstić information content (AvgIpc) is 2.80. The van der Waals surface area contributed by atoms with Crippen molar-refractivity contribution >= 4 is 5.91 Å². The SMILES string of the molecule is C/C=C(\C)CN[C@H]1C[C@@H](C(=O)NCC)N(C(C)C)C1. The molecule has 1 rings (SSSR count). The van der Waals surface area contributed by atoms with Crippen LogP contribution in [-0.4, -0.2) is 48.6 Å². The summed E-state index contributed by atoms with van der Waals surface area (Å²) in [5.74, 6) is 0.170. The van der Waals surface area contributed by atoms with Gasteiger partial charge in [0.2, 0.25) is 5.91 Å². The molecule has 4 nitrogen and oxygen atoms in total. The lowest BCUT2D eigenvalue weighted by Crippen LogP contribution is -2.46. The lowest BCUT2D eigenvalue weighted by molar-refractivity contribution is -0.125. The fraction of sp³-hybridized carbons (Fsp3) is 0.800. The van der Waals surface area contributed by atoms with E-state index in [-0.39, 0.29) is 11.9 Å². The molecule has 0 aliphatic carbocycles. The zero-order chi connectivity index (χ0) is 14.4. The number of hydrogen-bond acceptors (Lipinski definition) is 3. The molecule has 0 radical (unpaired) electrons. The first-order chi connectivity index (χ1) is 8.99. The Morgan fingerprint density at radius 2 is 2.16 bits per heavy atom. The molecular formula is C15H29N3O. The summed E-state index contributed by atoms with van der Waals surface area (Å²) in [6.07, 6.45) is 3.03. The maximum Gasteiger partial charge on any atom is 0.237 e. The molecule has 2 N–H and O–H groups in total. The first-order valence-corrected chi connectivity index (χ1v) is 7.38. The third-order valence-electron chi connectivity index (χ3n) is 3.82. The van der Waals surface area contributed by atoms with E-state index in [1.165, 1.54) is 5.57 Å². The molecule has 2 atom stereocenters. The van der Waals surface area contributed by atoms with Gasteiger partial charge < -0.3 is 10.6 Å². The molecule has 0 spiro atoms. The number of hydrogen-bond donors (Lipinski definition) is 2. The Labute approximate surface area is 117 Å². The summed E-state index contributed by atoms with van der Waals surface area (Å²) in [5.41, 5.74) is 1.34. The Morgan fingerprint density at radius 1 is 1.47 bits per heavy atom. The van der Waals surface area contributed by atoms with Crippen molar-refractivity contribution in [2.45, 2.75) is 59.2 Å². The van der Waals surface area contributed by atoms with E-state index in [4.69, 9.17) is 0 Å². The number of carbonyl (C=O) groups excluding carboxylic acids is 1. The van der Waals surface area contributed by atoms with E-state index in [2.05, 4.69) is 49.3 Å². The Balaban J connectivity index is 2.59. The van der Waals surface area contributed by atoms with Gasteiger partial charge in [-0.1, -0.05) is 11.6 Å². The average molecular weight is 267 g/mol. The summed E-state index contributed by atoms with van der Waals surface area (Å²) >= 11 is 0. The summed E-state index contributed by atoms with van der Waals surface area (Å²) in [5, 5.41) is 6.50.